The van der Waals surface area contributed by atoms with Crippen molar-refractivity contribution in [3.63, 3.8) is 0 Å². The molecular formula is C18H22O3. The molecule has 0 aromatic heterocycles. The first-order chi connectivity index (χ1) is 10.2. The Labute approximate surface area is 125 Å². The summed E-state index contributed by atoms with van der Waals surface area (Å²) in [5.74, 6) is 3.71. The van der Waals surface area contributed by atoms with Crippen molar-refractivity contribution in [2.45, 2.75) is 38.5 Å². The summed E-state index contributed by atoms with van der Waals surface area (Å²) in [6.07, 6.45) is 7.18. The van der Waals surface area contributed by atoms with E-state index in [0.29, 0.717) is 5.75 Å². The van der Waals surface area contributed by atoms with Crippen LogP contribution in [0.25, 0.3) is 0 Å². The van der Waals surface area contributed by atoms with E-state index in [4.69, 9.17) is 9.47 Å². The molecule has 0 N–H and O–H groups in total. The average Bonchev–Trinajstić information content (AvgIpc) is 2.46. The first-order valence-electron chi connectivity index (χ1n) is 8.03. The van der Waals surface area contributed by atoms with Gasteiger partial charge in [-0.25, -0.2) is 0 Å². The minimum absolute atomic E-state index is 0.00627. The van der Waals surface area contributed by atoms with Crippen molar-refractivity contribution in [3.05, 3.63) is 24.3 Å². The predicted octanol–water partition coefficient (Wildman–Crippen LogP) is 3.82. The molecule has 0 radical (unpaired) electrons. The molecule has 0 amide bonds. The quantitative estimate of drug-likeness (QED) is 0.626. The van der Waals surface area contributed by atoms with E-state index in [2.05, 4.69) is 0 Å². The van der Waals surface area contributed by atoms with Crippen LogP contribution in [0, 0.1) is 23.2 Å². The minimum atomic E-state index is -0.186. The van der Waals surface area contributed by atoms with Gasteiger partial charge in [-0.3, -0.25) is 4.79 Å². The second-order valence-electron chi connectivity index (χ2n) is 7.26. The zero-order chi connectivity index (χ0) is 14.4. The lowest BCUT2D eigenvalue weighted by Crippen LogP contribution is -2.51. The number of esters is 1. The van der Waals surface area contributed by atoms with E-state index >= 15 is 0 Å². The monoisotopic (exact) mass is 286 g/mol. The van der Waals surface area contributed by atoms with Crippen molar-refractivity contribution in [2.75, 3.05) is 7.11 Å². The Morgan fingerprint density at radius 2 is 1.43 bits per heavy atom. The molecule has 0 heterocycles. The van der Waals surface area contributed by atoms with Crippen LogP contribution in [0.1, 0.15) is 38.5 Å². The number of methoxy groups -OCH3 is 1. The third-order valence-electron chi connectivity index (χ3n) is 5.74. The molecule has 4 aliphatic rings. The zero-order valence-corrected chi connectivity index (χ0v) is 12.5. The van der Waals surface area contributed by atoms with Gasteiger partial charge in [-0.1, -0.05) is 0 Å². The molecule has 3 nitrogen and oxygen atoms in total. The van der Waals surface area contributed by atoms with Crippen molar-refractivity contribution < 1.29 is 14.3 Å². The van der Waals surface area contributed by atoms with Crippen LogP contribution in [0.3, 0.4) is 0 Å². The van der Waals surface area contributed by atoms with Crippen LogP contribution in [0.5, 0.6) is 11.5 Å². The second-order valence-corrected chi connectivity index (χ2v) is 7.26. The molecule has 1 aromatic carbocycles. The van der Waals surface area contributed by atoms with Crippen molar-refractivity contribution in [3.8, 4) is 11.5 Å². The molecule has 0 spiro atoms. The molecule has 3 heteroatoms. The molecule has 4 fully saturated rings. The van der Waals surface area contributed by atoms with Gasteiger partial charge in [0.15, 0.2) is 0 Å². The highest BCUT2D eigenvalue weighted by Gasteiger charge is 2.55. The Morgan fingerprint density at radius 1 is 0.952 bits per heavy atom. The molecule has 4 aliphatic carbocycles. The highest BCUT2D eigenvalue weighted by Crippen LogP contribution is 2.60. The van der Waals surface area contributed by atoms with Crippen molar-refractivity contribution in [1.29, 1.82) is 0 Å². The maximum absolute atomic E-state index is 12.8. The fourth-order valence-electron chi connectivity index (χ4n) is 5.22. The number of ether oxygens (including phenoxy) is 2. The van der Waals surface area contributed by atoms with Gasteiger partial charge < -0.3 is 9.47 Å². The van der Waals surface area contributed by atoms with Crippen LogP contribution in [-0.2, 0) is 4.79 Å². The van der Waals surface area contributed by atoms with Gasteiger partial charge in [0, 0.05) is 0 Å². The molecule has 4 saturated carbocycles. The second kappa shape index (κ2) is 4.75. The molecule has 1 aromatic rings. The highest BCUT2D eigenvalue weighted by atomic mass is 16.5. The molecule has 21 heavy (non-hydrogen) atoms. The topological polar surface area (TPSA) is 35.5 Å². The molecule has 4 bridgehead atoms. The van der Waals surface area contributed by atoms with Crippen molar-refractivity contribution in [2.24, 2.45) is 23.2 Å². The summed E-state index contributed by atoms with van der Waals surface area (Å²) in [7, 11) is 1.64. The molecule has 112 valence electrons. The zero-order valence-electron chi connectivity index (χ0n) is 12.5. The van der Waals surface area contributed by atoms with E-state index in [1.807, 2.05) is 24.3 Å². The van der Waals surface area contributed by atoms with Gasteiger partial charge in [0.2, 0.25) is 0 Å². The Hall–Kier alpha value is -1.51. The lowest BCUT2D eigenvalue weighted by molar-refractivity contribution is -0.161. The summed E-state index contributed by atoms with van der Waals surface area (Å²) >= 11 is 0. The number of rotatable bonds is 3. The summed E-state index contributed by atoms with van der Waals surface area (Å²) in [6.45, 7) is 0. The molecule has 0 saturated heterocycles. The Balaban J connectivity index is 1.51. The number of hydrogen-bond acceptors (Lipinski definition) is 3. The van der Waals surface area contributed by atoms with Gasteiger partial charge in [-0.05, 0) is 80.5 Å². The van der Waals surface area contributed by atoms with E-state index in [-0.39, 0.29) is 11.4 Å². The molecule has 0 atom stereocenters. The number of hydrogen-bond donors (Lipinski definition) is 0. The summed E-state index contributed by atoms with van der Waals surface area (Å²) < 4.78 is 10.8. The Kier molecular flexibility index (Phi) is 2.98. The summed E-state index contributed by atoms with van der Waals surface area (Å²) in [5.41, 5.74) is -0.186. The predicted molar refractivity (Wildman–Crippen MR) is 79.2 cm³/mol. The SMILES string of the molecule is COc1ccc(OC(=O)C23CC4CC(CC(C4)C2)C3)cc1. The molecule has 0 unspecified atom stereocenters. The maximum Gasteiger partial charge on any atom is 0.317 e. The van der Waals surface area contributed by atoms with E-state index in [0.717, 1.165) is 42.8 Å². The van der Waals surface area contributed by atoms with Crippen LogP contribution in [0.2, 0.25) is 0 Å². The van der Waals surface area contributed by atoms with Gasteiger partial charge in [0.25, 0.3) is 0 Å². The summed E-state index contributed by atoms with van der Waals surface area (Å²) in [4.78, 5) is 12.8. The number of carbonyl (C=O) groups excluding carboxylic acids is 1. The van der Waals surface area contributed by atoms with Gasteiger partial charge in [0.05, 0.1) is 12.5 Å². The van der Waals surface area contributed by atoms with E-state index in [1.165, 1.54) is 19.3 Å². The number of carbonyl (C=O) groups is 1. The maximum atomic E-state index is 12.8. The standard InChI is InChI=1S/C18H22O3/c1-20-15-2-4-16(5-3-15)21-17(19)18-9-12-6-13(10-18)8-14(7-12)11-18/h2-5,12-14H,6-11H2,1H3. The molecule has 0 aliphatic heterocycles. The Bertz CT molecular complexity index is 511. The normalized spacial score (nSPS) is 36.5. The van der Waals surface area contributed by atoms with Crippen molar-refractivity contribution in [1.82, 2.24) is 0 Å². The molecular weight excluding hydrogens is 264 g/mol. The van der Waals surface area contributed by atoms with Gasteiger partial charge in [-0.15, -0.1) is 0 Å². The third-order valence-corrected chi connectivity index (χ3v) is 5.74. The van der Waals surface area contributed by atoms with Crippen LogP contribution in [-0.4, -0.2) is 13.1 Å². The first kappa shape index (κ1) is 13.2. The third kappa shape index (κ3) is 2.23. The van der Waals surface area contributed by atoms with E-state index < -0.39 is 0 Å². The summed E-state index contributed by atoms with van der Waals surface area (Å²) in [5, 5.41) is 0. The average molecular weight is 286 g/mol. The minimum Gasteiger partial charge on any atom is -0.497 e. The van der Waals surface area contributed by atoms with Crippen LogP contribution in [0.4, 0.5) is 0 Å². The molecule has 5 rings (SSSR count). The van der Waals surface area contributed by atoms with Gasteiger partial charge in [-0.2, -0.15) is 0 Å². The largest absolute Gasteiger partial charge is 0.497 e. The Morgan fingerprint density at radius 3 is 1.90 bits per heavy atom. The van der Waals surface area contributed by atoms with Gasteiger partial charge >= 0.3 is 5.97 Å². The van der Waals surface area contributed by atoms with Crippen molar-refractivity contribution >= 4 is 5.97 Å². The van der Waals surface area contributed by atoms with E-state index in [9.17, 15) is 4.79 Å². The van der Waals surface area contributed by atoms with E-state index in [1.54, 1.807) is 7.11 Å². The highest BCUT2D eigenvalue weighted by molar-refractivity contribution is 5.79. The summed E-state index contributed by atoms with van der Waals surface area (Å²) in [6, 6.07) is 7.30. The fraction of sp³-hybridized carbons (Fsp3) is 0.611. The lowest BCUT2D eigenvalue weighted by atomic mass is 9.49. The fourth-order valence-corrected chi connectivity index (χ4v) is 5.22. The van der Waals surface area contributed by atoms with Crippen LogP contribution >= 0.6 is 0 Å². The van der Waals surface area contributed by atoms with Crippen LogP contribution in [0.15, 0.2) is 24.3 Å². The lowest BCUT2D eigenvalue weighted by Gasteiger charge is -2.55. The number of benzene rings is 1. The smallest absolute Gasteiger partial charge is 0.317 e. The van der Waals surface area contributed by atoms with Crippen LogP contribution < -0.4 is 9.47 Å². The first-order valence-corrected chi connectivity index (χ1v) is 8.03. The van der Waals surface area contributed by atoms with Gasteiger partial charge in [0.1, 0.15) is 11.5 Å².